The molecule has 0 saturated heterocycles. The normalized spacial score (nSPS) is 13.5. The van der Waals surface area contributed by atoms with Gasteiger partial charge in [0.15, 0.2) is 0 Å². The number of nitrogens with one attached hydrogen (secondary N) is 1. The van der Waals surface area contributed by atoms with Gasteiger partial charge in [0, 0.05) is 18.8 Å². The quantitative estimate of drug-likeness (QED) is 0.788. The van der Waals surface area contributed by atoms with Gasteiger partial charge in [-0.1, -0.05) is 13.8 Å². The number of benzene rings is 1. The van der Waals surface area contributed by atoms with Crippen LogP contribution in [-0.4, -0.2) is 28.6 Å². The minimum absolute atomic E-state index is 0.119. The lowest BCUT2D eigenvalue weighted by molar-refractivity contribution is 0.504. The van der Waals surface area contributed by atoms with Gasteiger partial charge in [0.1, 0.15) is 4.90 Å². The zero-order chi connectivity index (χ0) is 15.5. The van der Waals surface area contributed by atoms with E-state index >= 15 is 0 Å². The fourth-order valence-electron chi connectivity index (χ4n) is 2.20. The van der Waals surface area contributed by atoms with Crippen LogP contribution in [0.5, 0.6) is 0 Å². The standard InChI is InChI=1S/C14H25N3O2S/c1-10(2)8-11(3)17(5)12-6-7-14(13(15)9-12)20(18,19)16-4/h6-7,9-11,16H,8,15H2,1-5H3. The lowest BCUT2D eigenvalue weighted by Crippen LogP contribution is -2.30. The van der Waals surface area contributed by atoms with Crippen LogP contribution in [0.2, 0.25) is 0 Å². The number of nitrogen functional groups attached to an aromatic ring is 1. The molecule has 0 bridgehead atoms. The Bertz CT molecular complexity index is 556. The molecular formula is C14H25N3O2S. The van der Waals surface area contributed by atoms with E-state index in [1.54, 1.807) is 18.2 Å². The van der Waals surface area contributed by atoms with Gasteiger partial charge in [-0.2, -0.15) is 0 Å². The van der Waals surface area contributed by atoms with Crippen LogP contribution in [-0.2, 0) is 10.0 Å². The molecule has 114 valence electrons. The van der Waals surface area contributed by atoms with E-state index < -0.39 is 10.0 Å². The van der Waals surface area contributed by atoms with Gasteiger partial charge in [-0.3, -0.25) is 0 Å². The lowest BCUT2D eigenvalue weighted by atomic mass is 10.0. The van der Waals surface area contributed by atoms with Crippen molar-refractivity contribution in [2.75, 3.05) is 24.7 Å². The second-order valence-electron chi connectivity index (χ2n) is 5.52. The second kappa shape index (κ2) is 6.45. The molecule has 5 nitrogen and oxygen atoms in total. The molecule has 6 heteroatoms. The molecule has 1 atom stereocenters. The predicted octanol–water partition coefficient (Wildman–Crippen LogP) is 2.05. The van der Waals surface area contributed by atoms with Crippen molar-refractivity contribution in [3.8, 4) is 0 Å². The first-order chi connectivity index (χ1) is 9.19. The number of rotatable bonds is 6. The molecule has 0 saturated carbocycles. The highest BCUT2D eigenvalue weighted by molar-refractivity contribution is 7.89. The van der Waals surface area contributed by atoms with Crippen LogP contribution in [0.25, 0.3) is 0 Å². The Labute approximate surface area is 122 Å². The highest BCUT2D eigenvalue weighted by Gasteiger charge is 2.18. The molecule has 1 rings (SSSR count). The summed E-state index contributed by atoms with van der Waals surface area (Å²) >= 11 is 0. The highest BCUT2D eigenvalue weighted by atomic mass is 32.2. The number of nitrogens with zero attached hydrogens (tertiary/aromatic N) is 1. The van der Waals surface area contributed by atoms with E-state index in [1.807, 2.05) is 7.05 Å². The maximum absolute atomic E-state index is 11.8. The maximum atomic E-state index is 11.8. The van der Waals surface area contributed by atoms with E-state index in [9.17, 15) is 8.42 Å². The third kappa shape index (κ3) is 3.86. The molecule has 1 aromatic rings. The first-order valence-corrected chi connectivity index (χ1v) is 8.23. The average molecular weight is 299 g/mol. The summed E-state index contributed by atoms with van der Waals surface area (Å²) in [6, 6.07) is 5.41. The molecule has 3 N–H and O–H groups in total. The summed E-state index contributed by atoms with van der Waals surface area (Å²) in [5, 5.41) is 0. The first-order valence-electron chi connectivity index (χ1n) is 6.75. The van der Waals surface area contributed by atoms with Crippen molar-refractivity contribution < 1.29 is 8.42 Å². The molecule has 0 aromatic heterocycles. The molecule has 0 amide bonds. The largest absolute Gasteiger partial charge is 0.398 e. The fraction of sp³-hybridized carbons (Fsp3) is 0.571. The summed E-state index contributed by atoms with van der Waals surface area (Å²) in [5.74, 6) is 0.605. The van der Waals surface area contributed by atoms with Gasteiger partial charge in [0.2, 0.25) is 10.0 Å². The summed E-state index contributed by atoms with van der Waals surface area (Å²) in [7, 11) is -0.135. The van der Waals surface area contributed by atoms with Gasteiger partial charge in [0.05, 0.1) is 5.69 Å². The number of nitrogens with two attached hydrogens (primary N) is 1. The predicted molar refractivity (Wildman–Crippen MR) is 84.4 cm³/mol. The van der Waals surface area contributed by atoms with E-state index in [1.165, 1.54) is 7.05 Å². The Morgan fingerprint density at radius 2 is 1.90 bits per heavy atom. The number of sulfonamides is 1. The van der Waals surface area contributed by atoms with Crippen molar-refractivity contribution in [1.29, 1.82) is 0 Å². The van der Waals surface area contributed by atoms with Gasteiger partial charge in [-0.15, -0.1) is 0 Å². The molecule has 0 spiro atoms. The van der Waals surface area contributed by atoms with Gasteiger partial charge < -0.3 is 10.6 Å². The third-order valence-electron chi connectivity index (χ3n) is 3.43. The highest BCUT2D eigenvalue weighted by Crippen LogP contribution is 2.26. The van der Waals surface area contributed by atoms with Crippen LogP contribution >= 0.6 is 0 Å². The molecule has 0 aliphatic carbocycles. The molecule has 1 aromatic carbocycles. The van der Waals surface area contributed by atoms with Gasteiger partial charge >= 0.3 is 0 Å². The zero-order valence-corrected chi connectivity index (χ0v) is 13.7. The minimum atomic E-state index is -3.50. The summed E-state index contributed by atoms with van der Waals surface area (Å²) in [6.45, 7) is 6.51. The van der Waals surface area contributed by atoms with E-state index in [0.29, 0.717) is 12.0 Å². The van der Waals surface area contributed by atoms with Gasteiger partial charge in [-0.05, 0) is 44.5 Å². The van der Waals surface area contributed by atoms with Crippen molar-refractivity contribution in [2.24, 2.45) is 5.92 Å². The topological polar surface area (TPSA) is 75.4 Å². The minimum Gasteiger partial charge on any atom is -0.398 e. The smallest absolute Gasteiger partial charge is 0.242 e. The van der Waals surface area contributed by atoms with E-state index in [0.717, 1.165) is 12.1 Å². The number of hydrogen-bond donors (Lipinski definition) is 2. The van der Waals surface area contributed by atoms with Crippen LogP contribution in [0.1, 0.15) is 27.2 Å². The van der Waals surface area contributed by atoms with Crippen molar-refractivity contribution in [3.05, 3.63) is 18.2 Å². The Morgan fingerprint density at radius 1 is 1.30 bits per heavy atom. The summed E-state index contributed by atoms with van der Waals surface area (Å²) in [4.78, 5) is 2.24. The van der Waals surface area contributed by atoms with Crippen LogP contribution in [0.15, 0.2) is 23.1 Å². The Hall–Kier alpha value is -1.27. The summed E-state index contributed by atoms with van der Waals surface area (Å²) < 4.78 is 25.8. The molecule has 0 fully saturated rings. The second-order valence-corrected chi connectivity index (χ2v) is 7.37. The third-order valence-corrected chi connectivity index (χ3v) is 4.92. The van der Waals surface area contributed by atoms with Crippen molar-refractivity contribution in [2.45, 2.75) is 38.1 Å². The van der Waals surface area contributed by atoms with Crippen LogP contribution in [0.4, 0.5) is 11.4 Å². The first kappa shape index (κ1) is 16.8. The van der Waals surface area contributed by atoms with E-state index in [-0.39, 0.29) is 10.6 Å². The number of anilines is 2. The SMILES string of the molecule is CNS(=O)(=O)c1ccc(N(C)C(C)CC(C)C)cc1N. The summed E-state index contributed by atoms with van der Waals surface area (Å²) in [5.41, 5.74) is 7.06. The molecule has 0 heterocycles. The molecule has 1 unspecified atom stereocenters. The molecular weight excluding hydrogens is 274 g/mol. The van der Waals surface area contributed by atoms with Crippen LogP contribution in [0, 0.1) is 5.92 Å². The van der Waals surface area contributed by atoms with E-state index in [2.05, 4.69) is 30.4 Å². The molecule has 0 aliphatic rings. The van der Waals surface area contributed by atoms with Gasteiger partial charge in [-0.25, -0.2) is 13.1 Å². The Balaban J connectivity index is 3.04. The van der Waals surface area contributed by atoms with Crippen LogP contribution < -0.4 is 15.4 Å². The van der Waals surface area contributed by atoms with Crippen molar-refractivity contribution in [1.82, 2.24) is 4.72 Å². The number of hydrogen-bond acceptors (Lipinski definition) is 4. The lowest BCUT2D eigenvalue weighted by Gasteiger charge is -2.28. The van der Waals surface area contributed by atoms with Crippen molar-refractivity contribution in [3.63, 3.8) is 0 Å². The van der Waals surface area contributed by atoms with Crippen molar-refractivity contribution >= 4 is 21.4 Å². The molecule has 0 aliphatic heterocycles. The van der Waals surface area contributed by atoms with Crippen LogP contribution in [0.3, 0.4) is 0 Å². The maximum Gasteiger partial charge on any atom is 0.242 e. The van der Waals surface area contributed by atoms with Gasteiger partial charge in [0.25, 0.3) is 0 Å². The molecule has 20 heavy (non-hydrogen) atoms. The van der Waals surface area contributed by atoms with E-state index in [4.69, 9.17) is 5.73 Å². The Morgan fingerprint density at radius 3 is 2.35 bits per heavy atom. The summed E-state index contributed by atoms with van der Waals surface area (Å²) in [6.07, 6.45) is 1.06. The fourth-order valence-corrected chi connectivity index (χ4v) is 3.04. The Kier molecular flexibility index (Phi) is 5.42. The average Bonchev–Trinajstić information content (AvgIpc) is 2.36. The monoisotopic (exact) mass is 299 g/mol. The molecule has 0 radical (unpaired) electrons. The zero-order valence-electron chi connectivity index (χ0n) is 12.8.